The molecule has 19 heteroatoms. The van der Waals surface area contributed by atoms with Crippen molar-refractivity contribution in [2.45, 2.75) is 126 Å². The van der Waals surface area contributed by atoms with Gasteiger partial charge in [-0.15, -0.1) is 11.8 Å². The number of hydrogen-bond donors (Lipinski definition) is 0. The number of hydrazone groups is 1. The summed E-state index contributed by atoms with van der Waals surface area (Å²) in [6.07, 6.45) is 13.5. The number of para-hydroxylation sites is 1. The number of rotatable bonds is 34. The highest BCUT2D eigenvalue weighted by Gasteiger charge is 2.32. The Morgan fingerprint density at radius 3 is 1.64 bits per heavy atom. The standard InChI is InChI=1S/C64H74N4O14S/c1-4-59(69)77-41-14-8-6-12-39-75-50-25-19-46(20-26-50)61(71)79-52-27-21-48(22-28-52)63(73)82-55-35-36-56(49(43-55)44-67-68(38-16-37-65)45-83-58-18-11-10-17-57(58)66-3)64(74)81-53-29-23-47(24-30-53)62(72)80-54-33-31-51(32-34-54)76-40-13-7-9-15-42-78-60(70)5-2/h4-5,10-11,17-20,25-26,31-36,43-44,47-48,52-53H,1-3,6-9,12-16,21-24,27-30,38-42,45H2/b67-44+. The van der Waals surface area contributed by atoms with E-state index in [1.807, 2.05) is 24.3 Å². The second-order valence-electron chi connectivity index (χ2n) is 19.9. The van der Waals surface area contributed by atoms with Crippen molar-refractivity contribution in [3.8, 4) is 29.1 Å². The Balaban J connectivity index is 0.995. The van der Waals surface area contributed by atoms with Crippen LogP contribution in [-0.2, 0) is 38.1 Å². The Kier molecular flexibility index (Phi) is 27.4. The summed E-state index contributed by atoms with van der Waals surface area (Å²) in [5, 5.41) is 15.9. The molecule has 0 heterocycles. The minimum Gasteiger partial charge on any atom is -0.494 e. The molecule has 0 radical (unpaired) electrons. The molecule has 2 aliphatic rings. The lowest BCUT2D eigenvalue weighted by Gasteiger charge is -2.27. The van der Waals surface area contributed by atoms with E-state index in [0.717, 1.165) is 68.4 Å². The number of hydrogen-bond acceptors (Lipinski definition) is 19. The first-order valence-electron chi connectivity index (χ1n) is 28.3. The fourth-order valence-corrected chi connectivity index (χ4v) is 10.1. The number of aliphatic imine (C=N–C) groups is 1. The van der Waals surface area contributed by atoms with Crippen LogP contribution >= 0.6 is 11.8 Å². The predicted octanol–water partition coefficient (Wildman–Crippen LogP) is 12.3. The van der Waals surface area contributed by atoms with E-state index in [0.29, 0.717) is 118 Å². The number of carbonyl (C=O) groups excluding carboxylic acids is 6. The molecule has 0 aliphatic heterocycles. The first-order chi connectivity index (χ1) is 40.4. The fourth-order valence-electron chi connectivity index (χ4n) is 9.15. The minimum atomic E-state index is -0.615. The SMILES string of the molecule is C=CC(=O)OCCCCCCOc1ccc(OC(=O)C2CCC(OC(=O)c3ccc(OC(=O)C4CCC(OC(=O)c5ccc(OCCCCCCOC(=O)C=C)cc5)CC4)cc3/C=N/N(CCC#N)CSc3ccccc3N=C)CC2)cc1. The van der Waals surface area contributed by atoms with Gasteiger partial charge in [-0.25, -0.2) is 19.2 Å². The van der Waals surface area contributed by atoms with Gasteiger partial charge >= 0.3 is 35.8 Å². The highest BCUT2D eigenvalue weighted by atomic mass is 32.2. The molecule has 6 rings (SSSR count). The quantitative estimate of drug-likeness (QED) is 0.00487. The molecule has 0 bridgehead atoms. The topological polar surface area (TPSA) is 228 Å². The largest absolute Gasteiger partial charge is 0.494 e. The van der Waals surface area contributed by atoms with E-state index in [2.05, 4.69) is 30.9 Å². The van der Waals surface area contributed by atoms with Crippen molar-refractivity contribution in [2.75, 3.05) is 38.8 Å². The number of unbranched alkanes of at least 4 members (excludes halogenated alkanes) is 6. The van der Waals surface area contributed by atoms with Gasteiger partial charge in [-0.05, 0) is 188 Å². The smallest absolute Gasteiger partial charge is 0.339 e. The van der Waals surface area contributed by atoms with Gasteiger partial charge in [0.05, 0.1) is 86.2 Å². The predicted molar refractivity (Wildman–Crippen MR) is 314 cm³/mol. The van der Waals surface area contributed by atoms with Crippen LogP contribution in [-0.4, -0.2) is 105 Å². The van der Waals surface area contributed by atoms with Gasteiger partial charge in [0, 0.05) is 22.6 Å². The van der Waals surface area contributed by atoms with Crippen molar-refractivity contribution in [1.29, 1.82) is 5.26 Å². The summed E-state index contributed by atoms with van der Waals surface area (Å²) in [5.74, 6) is -1.36. The third-order valence-corrected chi connectivity index (χ3v) is 14.9. The van der Waals surface area contributed by atoms with Crippen molar-refractivity contribution < 1.29 is 66.7 Å². The van der Waals surface area contributed by atoms with Crippen LogP contribution in [0, 0.1) is 23.2 Å². The van der Waals surface area contributed by atoms with Gasteiger partial charge in [0.15, 0.2) is 0 Å². The number of ether oxygens (including phenoxy) is 8. The number of benzene rings is 4. The second-order valence-corrected chi connectivity index (χ2v) is 20.9. The number of carbonyl (C=O) groups is 6. The van der Waals surface area contributed by atoms with Crippen LogP contribution in [0.5, 0.6) is 23.0 Å². The Morgan fingerprint density at radius 2 is 1.10 bits per heavy atom. The molecule has 0 N–H and O–H groups in total. The zero-order chi connectivity index (χ0) is 59.0. The maximum Gasteiger partial charge on any atom is 0.339 e. The van der Waals surface area contributed by atoms with Gasteiger partial charge in [-0.2, -0.15) is 10.4 Å². The fraction of sp³-hybridized carbons (Fsp3) is 0.422. The van der Waals surface area contributed by atoms with E-state index in [1.54, 1.807) is 59.6 Å². The Hall–Kier alpha value is -8.24. The lowest BCUT2D eigenvalue weighted by Crippen LogP contribution is -2.30. The normalized spacial score (nSPS) is 16.5. The zero-order valence-corrected chi connectivity index (χ0v) is 47.8. The lowest BCUT2D eigenvalue weighted by molar-refractivity contribution is -0.141. The zero-order valence-electron chi connectivity index (χ0n) is 47.0. The number of thioether (sulfide) groups is 1. The monoisotopic (exact) mass is 1150 g/mol. The molecule has 2 fully saturated rings. The van der Waals surface area contributed by atoms with E-state index < -0.39 is 41.9 Å². The highest BCUT2D eigenvalue weighted by molar-refractivity contribution is 7.99. The van der Waals surface area contributed by atoms with Gasteiger partial charge in [0.25, 0.3) is 0 Å². The molecule has 0 spiro atoms. The molecule has 0 amide bonds. The Labute approximate surface area is 490 Å². The molecular weight excluding hydrogens is 1080 g/mol. The van der Waals surface area contributed by atoms with Gasteiger partial charge in [-0.1, -0.05) is 25.3 Å². The van der Waals surface area contributed by atoms with Crippen LogP contribution in [0.25, 0.3) is 0 Å². The summed E-state index contributed by atoms with van der Waals surface area (Å²) in [6.45, 7) is 12.5. The number of nitriles is 1. The van der Waals surface area contributed by atoms with Crippen LogP contribution in [0.2, 0.25) is 0 Å². The molecule has 83 heavy (non-hydrogen) atoms. The summed E-state index contributed by atoms with van der Waals surface area (Å²) < 4.78 is 45.2. The molecule has 2 aliphatic carbocycles. The molecule has 440 valence electrons. The van der Waals surface area contributed by atoms with E-state index in [-0.39, 0.29) is 42.3 Å². The van der Waals surface area contributed by atoms with Crippen molar-refractivity contribution in [3.05, 3.63) is 133 Å². The van der Waals surface area contributed by atoms with Gasteiger partial charge < -0.3 is 37.9 Å². The second kappa shape index (κ2) is 35.6. The first-order valence-corrected chi connectivity index (χ1v) is 29.3. The summed E-state index contributed by atoms with van der Waals surface area (Å²) in [7, 11) is 0. The molecule has 4 aromatic carbocycles. The maximum absolute atomic E-state index is 14.0. The van der Waals surface area contributed by atoms with Crippen molar-refractivity contribution in [2.24, 2.45) is 21.9 Å². The molecule has 0 unspecified atom stereocenters. The third-order valence-electron chi connectivity index (χ3n) is 13.8. The van der Waals surface area contributed by atoms with E-state index in [9.17, 15) is 34.0 Å². The summed E-state index contributed by atoms with van der Waals surface area (Å²) in [4.78, 5) is 81.3. The van der Waals surface area contributed by atoms with Gasteiger partial charge in [0.1, 0.15) is 35.2 Å². The summed E-state index contributed by atoms with van der Waals surface area (Å²) in [5.41, 5.74) is 1.60. The van der Waals surface area contributed by atoms with Gasteiger partial charge in [0.2, 0.25) is 0 Å². The van der Waals surface area contributed by atoms with E-state index in [1.165, 1.54) is 30.1 Å². The molecule has 0 aromatic heterocycles. The summed E-state index contributed by atoms with van der Waals surface area (Å²) in [6, 6.07) is 28.0. The number of nitrogens with zero attached hydrogens (tertiary/aromatic N) is 4. The van der Waals surface area contributed by atoms with Crippen molar-refractivity contribution in [1.82, 2.24) is 5.01 Å². The molecule has 0 saturated heterocycles. The average Bonchev–Trinajstić information content (AvgIpc) is 3.64. The van der Waals surface area contributed by atoms with Crippen LogP contribution in [0.4, 0.5) is 5.69 Å². The van der Waals surface area contributed by atoms with Crippen molar-refractivity contribution >= 4 is 66.2 Å². The van der Waals surface area contributed by atoms with Gasteiger partial charge in [-0.3, -0.25) is 19.6 Å². The van der Waals surface area contributed by atoms with Crippen LogP contribution < -0.4 is 18.9 Å². The average molecular weight is 1160 g/mol. The van der Waals surface area contributed by atoms with Crippen LogP contribution in [0.15, 0.2) is 131 Å². The number of esters is 6. The van der Waals surface area contributed by atoms with Crippen LogP contribution in [0.3, 0.4) is 0 Å². The first kappa shape index (κ1) is 63.9. The van der Waals surface area contributed by atoms with Crippen molar-refractivity contribution in [3.63, 3.8) is 0 Å². The maximum atomic E-state index is 14.0. The lowest BCUT2D eigenvalue weighted by atomic mass is 9.87. The molecule has 4 aromatic rings. The Bertz CT molecular complexity index is 2850. The molecule has 2 saturated carbocycles. The molecular formula is C64H74N4O14S. The molecule has 18 nitrogen and oxygen atoms in total. The van der Waals surface area contributed by atoms with E-state index >= 15 is 0 Å². The molecule has 0 atom stereocenters. The third kappa shape index (κ3) is 22.6. The van der Waals surface area contributed by atoms with Crippen LogP contribution in [0.1, 0.15) is 135 Å². The summed E-state index contributed by atoms with van der Waals surface area (Å²) >= 11 is 1.46. The van der Waals surface area contributed by atoms with E-state index in [4.69, 9.17) is 43.0 Å². The highest BCUT2D eigenvalue weighted by Crippen LogP contribution is 2.33. The minimum absolute atomic E-state index is 0.179. The Morgan fingerprint density at radius 1 is 0.602 bits per heavy atom.